The fourth-order valence-electron chi connectivity index (χ4n) is 1.97. The van der Waals surface area contributed by atoms with E-state index in [4.69, 9.17) is 4.55 Å². The number of hydrogen-bond acceptors (Lipinski definition) is 2. The molecule has 0 aliphatic carbocycles. The monoisotopic (exact) mass is 322 g/mol. The van der Waals surface area contributed by atoms with Crippen molar-refractivity contribution in [3.8, 4) is 0 Å². The first kappa shape index (κ1) is 17.8. The molecule has 0 radical (unpaired) electrons. The van der Waals surface area contributed by atoms with Crippen molar-refractivity contribution in [2.75, 3.05) is 0 Å². The van der Waals surface area contributed by atoms with Gasteiger partial charge in [0.05, 0.1) is 4.90 Å². The second kappa shape index (κ2) is 7.17. The summed E-state index contributed by atoms with van der Waals surface area (Å²) in [6.45, 7) is 3.64. The Morgan fingerprint density at radius 1 is 1.24 bits per heavy atom. The molecule has 3 nitrogen and oxygen atoms in total. The van der Waals surface area contributed by atoms with Crippen molar-refractivity contribution in [3.05, 3.63) is 29.8 Å². The van der Waals surface area contributed by atoms with Crippen molar-refractivity contribution in [1.29, 1.82) is 0 Å². The number of rotatable bonds is 6. The van der Waals surface area contributed by atoms with Crippen LogP contribution in [0.4, 0.5) is 13.2 Å². The molecule has 3 atom stereocenters. The first-order valence-corrected chi connectivity index (χ1v) is 7.54. The molecule has 0 aliphatic rings. The molecule has 21 heavy (non-hydrogen) atoms. The molecule has 0 saturated carbocycles. The third-order valence-corrected chi connectivity index (χ3v) is 4.28. The zero-order chi connectivity index (χ0) is 16.2. The predicted molar refractivity (Wildman–Crippen MR) is 73.4 cm³/mol. The van der Waals surface area contributed by atoms with E-state index in [9.17, 15) is 22.2 Å². The van der Waals surface area contributed by atoms with E-state index in [0.29, 0.717) is 0 Å². The molecule has 0 fully saturated rings. The topological polar surface area (TPSA) is 54.4 Å². The number of halogens is 3. The SMILES string of the molecule is CC(CCC(=O)C(F)(F)F)C(C)c1ccc(S(=O)O)cc1. The van der Waals surface area contributed by atoms with Crippen LogP contribution in [0.1, 0.15) is 38.2 Å². The van der Waals surface area contributed by atoms with Gasteiger partial charge in [-0.3, -0.25) is 4.79 Å². The standard InChI is InChI=1S/C14H17F3O3S/c1-9(3-8-13(18)14(15,16)17)10(2)11-4-6-12(7-5-11)21(19)20/h4-7,9-10H,3,8H2,1-2H3,(H,19,20). The Bertz CT molecular complexity index is 511. The predicted octanol–water partition coefficient (Wildman–Crippen LogP) is 3.92. The van der Waals surface area contributed by atoms with Crippen molar-refractivity contribution in [3.63, 3.8) is 0 Å². The number of alkyl halides is 3. The molecule has 0 spiro atoms. The van der Waals surface area contributed by atoms with E-state index in [1.54, 1.807) is 19.1 Å². The summed E-state index contributed by atoms with van der Waals surface area (Å²) in [5.41, 5.74) is 0.858. The lowest BCUT2D eigenvalue weighted by Crippen LogP contribution is -2.23. The van der Waals surface area contributed by atoms with Gasteiger partial charge in [0.1, 0.15) is 0 Å². The van der Waals surface area contributed by atoms with Crippen LogP contribution < -0.4 is 0 Å². The molecule has 118 valence electrons. The van der Waals surface area contributed by atoms with Gasteiger partial charge in [-0.05, 0) is 36.0 Å². The minimum absolute atomic E-state index is 0.0489. The van der Waals surface area contributed by atoms with Crippen molar-refractivity contribution in [2.45, 2.75) is 43.7 Å². The van der Waals surface area contributed by atoms with E-state index in [1.165, 1.54) is 12.1 Å². The van der Waals surface area contributed by atoms with Gasteiger partial charge in [-0.1, -0.05) is 26.0 Å². The van der Waals surface area contributed by atoms with Gasteiger partial charge in [0, 0.05) is 6.42 Å². The van der Waals surface area contributed by atoms with E-state index in [-0.39, 0.29) is 23.2 Å². The molecule has 1 aromatic rings. The Hall–Kier alpha value is -1.21. The first-order valence-electron chi connectivity index (χ1n) is 6.43. The third-order valence-electron chi connectivity index (χ3n) is 3.60. The largest absolute Gasteiger partial charge is 0.449 e. The number of ketones is 1. The molecule has 3 unspecified atom stereocenters. The average Bonchev–Trinajstić information content (AvgIpc) is 2.42. The van der Waals surface area contributed by atoms with Crippen molar-refractivity contribution >= 4 is 16.9 Å². The Balaban J connectivity index is 2.64. The van der Waals surface area contributed by atoms with Gasteiger partial charge in [0.25, 0.3) is 0 Å². The zero-order valence-electron chi connectivity index (χ0n) is 11.7. The average molecular weight is 322 g/mol. The molecule has 1 aromatic carbocycles. The van der Waals surface area contributed by atoms with Gasteiger partial charge in [0.15, 0.2) is 11.1 Å². The molecule has 0 bridgehead atoms. The van der Waals surface area contributed by atoms with Crippen molar-refractivity contribution in [1.82, 2.24) is 0 Å². The van der Waals surface area contributed by atoms with Crippen molar-refractivity contribution in [2.24, 2.45) is 5.92 Å². The lowest BCUT2D eigenvalue weighted by atomic mass is 9.85. The minimum Gasteiger partial charge on any atom is -0.302 e. The summed E-state index contributed by atoms with van der Waals surface area (Å²) in [6, 6.07) is 6.37. The second-order valence-electron chi connectivity index (χ2n) is 5.04. The minimum atomic E-state index is -4.77. The number of carbonyl (C=O) groups excluding carboxylic acids is 1. The summed E-state index contributed by atoms with van der Waals surface area (Å²) in [6.07, 6.45) is -5.14. The molecule has 0 heterocycles. The summed E-state index contributed by atoms with van der Waals surface area (Å²) < 4.78 is 56.2. The molecule has 1 rings (SSSR count). The Morgan fingerprint density at radius 2 is 1.76 bits per heavy atom. The van der Waals surface area contributed by atoms with E-state index >= 15 is 0 Å². The van der Waals surface area contributed by atoms with Crippen LogP contribution in [0, 0.1) is 5.92 Å². The highest BCUT2D eigenvalue weighted by Crippen LogP contribution is 2.29. The Morgan fingerprint density at radius 3 is 2.19 bits per heavy atom. The summed E-state index contributed by atoms with van der Waals surface area (Å²) >= 11 is -2.05. The quantitative estimate of drug-likeness (QED) is 0.808. The van der Waals surface area contributed by atoms with Gasteiger partial charge in [0.2, 0.25) is 5.78 Å². The van der Waals surface area contributed by atoms with E-state index < -0.39 is 29.5 Å². The number of hydrogen-bond donors (Lipinski definition) is 1. The van der Waals surface area contributed by atoms with Crippen LogP contribution in [0.3, 0.4) is 0 Å². The molecular weight excluding hydrogens is 305 g/mol. The first-order chi connectivity index (χ1) is 9.62. The fraction of sp³-hybridized carbons (Fsp3) is 0.500. The highest BCUT2D eigenvalue weighted by molar-refractivity contribution is 7.79. The summed E-state index contributed by atoms with van der Waals surface area (Å²) in [5.74, 6) is -1.86. The van der Waals surface area contributed by atoms with Crippen LogP contribution in [0.15, 0.2) is 29.2 Å². The normalized spacial score (nSPS) is 16.3. The fourth-order valence-corrected chi connectivity index (χ4v) is 2.34. The molecule has 0 amide bonds. The molecule has 0 aliphatic heterocycles. The van der Waals surface area contributed by atoms with Crippen molar-refractivity contribution < 1.29 is 26.7 Å². The van der Waals surface area contributed by atoms with E-state index in [0.717, 1.165) is 5.56 Å². The summed E-state index contributed by atoms with van der Waals surface area (Å²) in [7, 11) is 0. The lowest BCUT2D eigenvalue weighted by molar-refractivity contribution is -0.171. The van der Waals surface area contributed by atoms with Crippen LogP contribution in [0.5, 0.6) is 0 Å². The van der Waals surface area contributed by atoms with Crippen LogP contribution in [0.25, 0.3) is 0 Å². The van der Waals surface area contributed by atoms with Crippen LogP contribution in [-0.2, 0) is 15.9 Å². The van der Waals surface area contributed by atoms with E-state index in [1.807, 2.05) is 6.92 Å². The maximum Gasteiger partial charge on any atom is 0.449 e. The Kier molecular flexibility index (Phi) is 6.10. The number of benzene rings is 1. The highest BCUT2D eigenvalue weighted by Gasteiger charge is 2.37. The zero-order valence-corrected chi connectivity index (χ0v) is 12.5. The third kappa shape index (κ3) is 5.24. The maximum absolute atomic E-state index is 12.1. The van der Waals surface area contributed by atoms with Crippen LogP contribution in [-0.4, -0.2) is 20.7 Å². The lowest BCUT2D eigenvalue weighted by Gasteiger charge is -2.20. The van der Waals surface area contributed by atoms with Crippen LogP contribution >= 0.6 is 0 Å². The maximum atomic E-state index is 12.1. The summed E-state index contributed by atoms with van der Waals surface area (Å²) in [5, 5.41) is 0. The molecule has 7 heteroatoms. The van der Waals surface area contributed by atoms with Gasteiger partial charge in [-0.25, -0.2) is 4.21 Å². The van der Waals surface area contributed by atoms with Gasteiger partial charge < -0.3 is 4.55 Å². The summed E-state index contributed by atoms with van der Waals surface area (Å²) in [4.78, 5) is 11.1. The number of carbonyl (C=O) groups is 1. The van der Waals surface area contributed by atoms with Gasteiger partial charge in [-0.2, -0.15) is 13.2 Å². The van der Waals surface area contributed by atoms with E-state index in [2.05, 4.69) is 0 Å². The highest BCUT2D eigenvalue weighted by atomic mass is 32.2. The van der Waals surface area contributed by atoms with Crippen LogP contribution in [0.2, 0.25) is 0 Å². The molecular formula is C14H17F3O3S. The van der Waals surface area contributed by atoms with Gasteiger partial charge in [-0.15, -0.1) is 0 Å². The smallest absolute Gasteiger partial charge is 0.302 e. The van der Waals surface area contributed by atoms with Gasteiger partial charge >= 0.3 is 6.18 Å². The number of Topliss-reactive ketones (excluding diaryl/α,β-unsaturated/α-hetero) is 1. The Labute approximate surface area is 123 Å². The molecule has 1 N–H and O–H groups in total. The molecule has 0 aromatic heterocycles. The molecule has 0 saturated heterocycles. The second-order valence-corrected chi connectivity index (χ2v) is 6.01.